The Hall–Kier alpha value is -4.32. The number of nitrogens with zero attached hydrogens (tertiary/aromatic N) is 1. The Morgan fingerprint density at radius 3 is 2.61 bits per heavy atom. The summed E-state index contributed by atoms with van der Waals surface area (Å²) in [5.41, 5.74) is 0.289. The third-order valence-electron chi connectivity index (χ3n) is 5.93. The summed E-state index contributed by atoms with van der Waals surface area (Å²) in [5.74, 6) is -4.02. The number of amides is 5. The van der Waals surface area contributed by atoms with Crippen molar-refractivity contribution in [2.24, 2.45) is 5.92 Å². The van der Waals surface area contributed by atoms with E-state index in [-0.39, 0.29) is 25.1 Å². The van der Waals surface area contributed by atoms with E-state index in [0.717, 1.165) is 17.0 Å². The van der Waals surface area contributed by atoms with Crippen LogP contribution in [-0.4, -0.2) is 71.1 Å². The quantitative estimate of drug-likeness (QED) is 0.312. The lowest BCUT2D eigenvalue weighted by Gasteiger charge is -2.25. The molecule has 1 aliphatic heterocycles. The van der Waals surface area contributed by atoms with Crippen LogP contribution >= 0.6 is 11.6 Å². The zero-order valence-electron chi connectivity index (χ0n) is 20.6. The van der Waals surface area contributed by atoms with Crippen LogP contribution in [0.25, 0.3) is 0 Å². The van der Waals surface area contributed by atoms with Gasteiger partial charge in [-0.15, -0.1) is 0 Å². The monoisotopic (exact) mass is 546 g/mol. The molecule has 0 radical (unpaired) electrons. The van der Waals surface area contributed by atoms with Gasteiger partial charge < -0.3 is 30.9 Å². The summed E-state index contributed by atoms with van der Waals surface area (Å²) in [5, 5.41) is 26.8. The molecule has 202 valence electrons. The van der Waals surface area contributed by atoms with E-state index in [1.54, 1.807) is 25.1 Å². The number of hydrogen-bond donors (Lipinski definition) is 5. The standard InChI is InChI=1S/C25H27ClN4O8/c1-3-18(22(33)28-16-5-6-19(31)17(10-16)24(35)36)29-25(37)30-12-21(32)27-11-14(23(30)34)8-13-9-15(26)4-7-20(13)38-2/h4-7,9-10,14,18,31H,3,8,11-12H2,1-2H3,(H,27,32)(H,28,33)(H,29,37)(H,35,36)/t14?,18-/m1/s1. The second-order valence-corrected chi connectivity index (χ2v) is 8.96. The van der Waals surface area contributed by atoms with E-state index in [1.165, 1.54) is 13.2 Å². The highest BCUT2D eigenvalue weighted by molar-refractivity contribution is 6.30. The Bertz CT molecular complexity index is 1270. The number of phenols is 1. The molecule has 0 bridgehead atoms. The van der Waals surface area contributed by atoms with E-state index >= 15 is 0 Å². The number of rotatable bonds is 8. The van der Waals surface area contributed by atoms with E-state index < -0.39 is 59.5 Å². The molecule has 1 fully saturated rings. The number of carboxylic acid groups (broad SMARTS) is 1. The molecule has 0 spiro atoms. The first-order valence-electron chi connectivity index (χ1n) is 11.6. The maximum atomic E-state index is 13.3. The minimum atomic E-state index is -1.39. The summed E-state index contributed by atoms with van der Waals surface area (Å²) in [6.45, 7) is 1.07. The summed E-state index contributed by atoms with van der Waals surface area (Å²) < 4.78 is 5.33. The number of anilines is 1. The van der Waals surface area contributed by atoms with Crippen molar-refractivity contribution in [3.8, 4) is 11.5 Å². The van der Waals surface area contributed by atoms with Crippen LogP contribution in [0.4, 0.5) is 10.5 Å². The van der Waals surface area contributed by atoms with Gasteiger partial charge in [0.1, 0.15) is 29.6 Å². The van der Waals surface area contributed by atoms with Gasteiger partial charge in [0.05, 0.1) is 13.0 Å². The minimum absolute atomic E-state index is 0.0123. The number of imide groups is 1. The highest BCUT2D eigenvalue weighted by Gasteiger charge is 2.35. The third-order valence-corrected chi connectivity index (χ3v) is 6.17. The molecule has 2 aromatic rings. The van der Waals surface area contributed by atoms with Crippen molar-refractivity contribution in [3.05, 3.63) is 52.5 Å². The molecule has 38 heavy (non-hydrogen) atoms. The van der Waals surface area contributed by atoms with Gasteiger partial charge in [-0.05, 0) is 54.8 Å². The van der Waals surface area contributed by atoms with Crippen LogP contribution < -0.4 is 20.7 Å². The lowest BCUT2D eigenvalue weighted by atomic mass is 9.97. The molecule has 1 aliphatic rings. The average molecular weight is 547 g/mol. The predicted octanol–water partition coefficient (Wildman–Crippen LogP) is 2.00. The number of halogens is 1. The van der Waals surface area contributed by atoms with Crippen molar-refractivity contribution in [1.29, 1.82) is 0 Å². The maximum Gasteiger partial charge on any atom is 0.339 e. The molecule has 5 N–H and O–H groups in total. The number of benzene rings is 2. The highest BCUT2D eigenvalue weighted by atomic mass is 35.5. The molecule has 12 nitrogen and oxygen atoms in total. The van der Waals surface area contributed by atoms with Crippen LogP contribution in [0, 0.1) is 5.92 Å². The van der Waals surface area contributed by atoms with Gasteiger partial charge in [0.25, 0.3) is 0 Å². The number of urea groups is 1. The summed E-state index contributed by atoms with van der Waals surface area (Å²) in [7, 11) is 1.47. The molecule has 2 atom stereocenters. The van der Waals surface area contributed by atoms with Crippen LogP contribution in [-0.2, 0) is 20.8 Å². The molecule has 1 saturated heterocycles. The van der Waals surface area contributed by atoms with Crippen molar-refractivity contribution >= 4 is 47.0 Å². The molecule has 1 heterocycles. The summed E-state index contributed by atoms with van der Waals surface area (Å²) >= 11 is 6.09. The molecule has 13 heteroatoms. The van der Waals surface area contributed by atoms with Crippen molar-refractivity contribution in [3.63, 3.8) is 0 Å². The zero-order chi connectivity index (χ0) is 28.0. The Morgan fingerprint density at radius 2 is 1.95 bits per heavy atom. The van der Waals surface area contributed by atoms with Gasteiger partial charge in [-0.2, -0.15) is 0 Å². The van der Waals surface area contributed by atoms with Crippen LogP contribution in [0.3, 0.4) is 0 Å². The first-order chi connectivity index (χ1) is 18.0. The third kappa shape index (κ3) is 6.71. The van der Waals surface area contributed by atoms with Gasteiger partial charge >= 0.3 is 12.0 Å². The summed E-state index contributed by atoms with van der Waals surface area (Å²) in [4.78, 5) is 63.5. The number of nitrogens with one attached hydrogen (secondary N) is 3. The Morgan fingerprint density at radius 1 is 1.21 bits per heavy atom. The first kappa shape index (κ1) is 28.3. The minimum Gasteiger partial charge on any atom is -0.507 e. The van der Waals surface area contributed by atoms with Crippen molar-refractivity contribution < 1.29 is 38.9 Å². The smallest absolute Gasteiger partial charge is 0.339 e. The van der Waals surface area contributed by atoms with Gasteiger partial charge in [0.15, 0.2) is 0 Å². The molecule has 2 aromatic carbocycles. The van der Waals surface area contributed by atoms with E-state index in [1.807, 2.05) is 0 Å². The summed E-state index contributed by atoms with van der Waals surface area (Å²) in [6.07, 6.45) is 0.260. The second kappa shape index (κ2) is 12.3. The molecular formula is C25H27ClN4O8. The normalized spacial score (nSPS) is 16.2. The fraction of sp³-hybridized carbons (Fsp3) is 0.320. The van der Waals surface area contributed by atoms with E-state index in [0.29, 0.717) is 16.3 Å². The van der Waals surface area contributed by atoms with Crippen LogP contribution in [0.2, 0.25) is 5.02 Å². The molecule has 0 saturated carbocycles. The number of carboxylic acids is 1. The summed E-state index contributed by atoms with van der Waals surface area (Å²) in [6, 6.07) is 6.36. The van der Waals surface area contributed by atoms with Gasteiger partial charge in [-0.1, -0.05) is 18.5 Å². The Balaban J connectivity index is 1.75. The lowest BCUT2D eigenvalue weighted by molar-refractivity contribution is -0.133. The zero-order valence-corrected chi connectivity index (χ0v) is 21.4. The SMILES string of the molecule is CC[C@@H](NC(=O)N1CC(=O)NCC(Cc2cc(Cl)ccc2OC)C1=O)C(=O)Nc1ccc(O)c(C(=O)O)c1. The number of aromatic carboxylic acids is 1. The second-order valence-electron chi connectivity index (χ2n) is 8.52. The molecule has 3 rings (SSSR count). The fourth-order valence-corrected chi connectivity index (χ4v) is 4.11. The number of methoxy groups -OCH3 is 1. The fourth-order valence-electron chi connectivity index (χ4n) is 3.92. The largest absolute Gasteiger partial charge is 0.507 e. The number of ether oxygens (including phenoxy) is 1. The number of carbonyl (C=O) groups is 5. The van der Waals surface area contributed by atoms with Crippen molar-refractivity contribution in [1.82, 2.24) is 15.5 Å². The first-order valence-corrected chi connectivity index (χ1v) is 12.0. The van der Waals surface area contributed by atoms with Gasteiger partial charge in [0, 0.05) is 17.3 Å². The Kier molecular flexibility index (Phi) is 9.13. The molecule has 0 aliphatic carbocycles. The predicted molar refractivity (Wildman–Crippen MR) is 136 cm³/mol. The average Bonchev–Trinajstić information content (AvgIpc) is 3.01. The molecular weight excluding hydrogens is 520 g/mol. The van der Waals surface area contributed by atoms with E-state index in [9.17, 15) is 29.1 Å². The molecule has 0 aromatic heterocycles. The topological polar surface area (TPSA) is 174 Å². The highest BCUT2D eigenvalue weighted by Crippen LogP contribution is 2.26. The van der Waals surface area contributed by atoms with Crippen molar-refractivity contribution in [2.45, 2.75) is 25.8 Å². The number of hydrogen-bond acceptors (Lipinski definition) is 7. The van der Waals surface area contributed by atoms with Gasteiger partial charge in [-0.3, -0.25) is 19.3 Å². The van der Waals surface area contributed by atoms with Gasteiger partial charge in [-0.25, -0.2) is 9.59 Å². The van der Waals surface area contributed by atoms with E-state index in [2.05, 4.69) is 16.0 Å². The number of aromatic hydroxyl groups is 1. The Labute approximate surface area is 222 Å². The van der Waals surface area contributed by atoms with E-state index in [4.69, 9.17) is 21.4 Å². The number of carbonyl (C=O) groups excluding carboxylic acids is 4. The van der Waals surface area contributed by atoms with Crippen LogP contribution in [0.5, 0.6) is 11.5 Å². The lowest BCUT2D eigenvalue weighted by Crippen LogP contribution is -2.53. The van der Waals surface area contributed by atoms with Crippen molar-refractivity contribution in [2.75, 3.05) is 25.5 Å². The van der Waals surface area contributed by atoms with Crippen LogP contribution in [0.1, 0.15) is 29.3 Å². The molecule has 5 amide bonds. The molecule has 1 unspecified atom stereocenters. The van der Waals surface area contributed by atoms with Gasteiger partial charge in [0.2, 0.25) is 17.7 Å². The maximum absolute atomic E-state index is 13.3. The van der Waals surface area contributed by atoms with Crippen LogP contribution in [0.15, 0.2) is 36.4 Å².